The van der Waals surface area contributed by atoms with Crippen molar-refractivity contribution >= 4 is 27.5 Å². The third kappa shape index (κ3) is 8.50. The van der Waals surface area contributed by atoms with Crippen molar-refractivity contribution in [1.29, 1.82) is 0 Å². The number of amides is 1. The van der Waals surface area contributed by atoms with Crippen LogP contribution in [0.5, 0.6) is 11.6 Å². The van der Waals surface area contributed by atoms with Crippen LogP contribution in [0.2, 0.25) is 5.15 Å². The first kappa shape index (κ1) is 31.3. The van der Waals surface area contributed by atoms with Crippen LogP contribution in [0.15, 0.2) is 53.6 Å². The number of halogens is 1. The normalized spacial score (nSPS) is 18.7. The van der Waals surface area contributed by atoms with Gasteiger partial charge in [-0.25, -0.2) is 22.8 Å². The zero-order valence-electron chi connectivity index (χ0n) is 25.1. The summed E-state index contributed by atoms with van der Waals surface area (Å²) in [4.78, 5) is 17.0. The number of carbonyl (C=O) groups is 1. The van der Waals surface area contributed by atoms with E-state index < -0.39 is 15.9 Å². The molecule has 0 bridgehead atoms. The largest absolute Gasteiger partial charge is 0.494 e. The van der Waals surface area contributed by atoms with Crippen LogP contribution in [0.4, 0.5) is 0 Å². The molecule has 9 nitrogen and oxygen atoms in total. The standard InChI is InChI=1S/C32H41ClN4O5S/c1-31(2)15-13-23(22-31)6-4-5-20-41-24-7-9-25(10-8-24)43(39,40)36-30(38)26-11-12-27(34-29(26)33)37-19-14-28(35-37)42-21-18-32(3)16-17-32/h7-12,14,19,23H,4-6,13,15-18,20-22H2,1-3H3,(H,36,38). The highest BCUT2D eigenvalue weighted by Crippen LogP contribution is 2.48. The Morgan fingerprint density at radius 3 is 2.47 bits per heavy atom. The van der Waals surface area contributed by atoms with Crippen LogP contribution in [0.1, 0.15) is 88.9 Å². The van der Waals surface area contributed by atoms with E-state index in [9.17, 15) is 13.2 Å². The van der Waals surface area contributed by atoms with Crippen molar-refractivity contribution in [1.82, 2.24) is 19.5 Å². The molecule has 2 saturated carbocycles. The predicted octanol–water partition coefficient (Wildman–Crippen LogP) is 6.98. The van der Waals surface area contributed by atoms with Crippen LogP contribution in [0.3, 0.4) is 0 Å². The summed E-state index contributed by atoms with van der Waals surface area (Å²) in [5, 5.41) is 4.21. The second-order valence-corrected chi connectivity index (χ2v) is 15.1. The van der Waals surface area contributed by atoms with Gasteiger partial charge in [0.25, 0.3) is 15.9 Å². The molecule has 2 aliphatic rings. The van der Waals surface area contributed by atoms with Gasteiger partial charge >= 0.3 is 0 Å². The summed E-state index contributed by atoms with van der Waals surface area (Å²) >= 11 is 6.28. The molecule has 0 spiro atoms. The van der Waals surface area contributed by atoms with Crippen LogP contribution < -0.4 is 14.2 Å². The number of nitrogens with zero attached hydrogens (tertiary/aromatic N) is 3. The van der Waals surface area contributed by atoms with Gasteiger partial charge in [-0.1, -0.05) is 38.8 Å². The molecule has 43 heavy (non-hydrogen) atoms. The average molecular weight is 629 g/mol. The lowest BCUT2D eigenvalue weighted by Gasteiger charge is -2.17. The molecule has 2 aromatic heterocycles. The summed E-state index contributed by atoms with van der Waals surface area (Å²) in [6, 6.07) is 10.7. The first-order valence-electron chi connectivity index (χ1n) is 15.1. The van der Waals surface area contributed by atoms with Crippen molar-refractivity contribution in [3.8, 4) is 17.4 Å². The summed E-state index contributed by atoms with van der Waals surface area (Å²) in [5.74, 6) is 1.35. The highest BCUT2D eigenvalue weighted by Gasteiger charge is 2.36. The molecule has 3 aromatic rings. The van der Waals surface area contributed by atoms with E-state index in [4.69, 9.17) is 21.1 Å². The monoisotopic (exact) mass is 628 g/mol. The van der Waals surface area contributed by atoms with E-state index in [1.54, 1.807) is 24.4 Å². The molecule has 2 fully saturated rings. The molecule has 5 rings (SSSR count). The minimum Gasteiger partial charge on any atom is -0.494 e. The van der Waals surface area contributed by atoms with Crippen molar-refractivity contribution in [3.05, 3.63) is 59.4 Å². The van der Waals surface area contributed by atoms with Gasteiger partial charge in [0.15, 0.2) is 5.82 Å². The molecule has 0 saturated heterocycles. The highest BCUT2D eigenvalue weighted by molar-refractivity contribution is 7.90. The van der Waals surface area contributed by atoms with Crippen LogP contribution in [0.25, 0.3) is 5.82 Å². The van der Waals surface area contributed by atoms with Crippen LogP contribution in [0, 0.1) is 16.7 Å². The highest BCUT2D eigenvalue weighted by atomic mass is 35.5. The fourth-order valence-corrected chi connectivity index (χ4v) is 6.80. The maximum atomic E-state index is 12.9. The molecule has 1 atom stereocenters. The number of nitrogens with one attached hydrogen (secondary N) is 1. The first-order valence-corrected chi connectivity index (χ1v) is 16.9. The lowest BCUT2D eigenvalue weighted by Crippen LogP contribution is -2.31. The van der Waals surface area contributed by atoms with Crippen LogP contribution in [-0.4, -0.2) is 42.3 Å². The lowest BCUT2D eigenvalue weighted by molar-refractivity contribution is 0.0981. The summed E-state index contributed by atoms with van der Waals surface area (Å²) < 4.78 is 40.9. The average Bonchev–Trinajstić information content (AvgIpc) is 3.33. The number of sulfonamides is 1. The van der Waals surface area contributed by atoms with E-state index in [1.165, 1.54) is 67.5 Å². The van der Waals surface area contributed by atoms with Crippen molar-refractivity contribution in [2.24, 2.45) is 16.7 Å². The molecule has 0 radical (unpaired) electrons. The number of ether oxygens (including phenoxy) is 2. The van der Waals surface area contributed by atoms with Crippen molar-refractivity contribution in [3.63, 3.8) is 0 Å². The number of aromatic nitrogens is 3. The van der Waals surface area contributed by atoms with Gasteiger partial charge in [-0.3, -0.25) is 4.79 Å². The Morgan fingerprint density at radius 1 is 1.02 bits per heavy atom. The van der Waals surface area contributed by atoms with Gasteiger partial charge in [-0.15, -0.1) is 5.10 Å². The fourth-order valence-electron chi connectivity index (χ4n) is 5.60. The minimum atomic E-state index is -4.14. The zero-order valence-corrected chi connectivity index (χ0v) is 26.7. The molecule has 1 amide bonds. The topological polar surface area (TPSA) is 112 Å². The molecular formula is C32H41ClN4O5S. The van der Waals surface area contributed by atoms with Crippen molar-refractivity contribution < 1.29 is 22.7 Å². The SMILES string of the molecule is CC1(C)CCC(CCCCOc2ccc(S(=O)(=O)NC(=O)c3ccc(-n4ccc(OCCC5(C)CC5)n4)nc3Cl)cc2)C1. The van der Waals surface area contributed by atoms with Crippen LogP contribution >= 0.6 is 11.6 Å². The second kappa shape index (κ2) is 12.9. The predicted molar refractivity (Wildman–Crippen MR) is 165 cm³/mol. The van der Waals surface area contributed by atoms with E-state index in [2.05, 4.69) is 35.6 Å². The molecule has 1 unspecified atom stereocenters. The third-order valence-corrected chi connectivity index (χ3v) is 10.3. The smallest absolute Gasteiger partial charge is 0.268 e. The quantitative estimate of drug-likeness (QED) is 0.151. The number of rotatable bonds is 14. The Kier molecular flexibility index (Phi) is 9.37. The first-order chi connectivity index (χ1) is 20.4. The van der Waals surface area contributed by atoms with E-state index in [0.29, 0.717) is 41.5 Å². The maximum Gasteiger partial charge on any atom is 0.268 e. The maximum absolute atomic E-state index is 12.9. The summed E-state index contributed by atoms with van der Waals surface area (Å²) in [7, 11) is -4.14. The van der Waals surface area contributed by atoms with Crippen molar-refractivity contribution in [2.75, 3.05) is 13.2 Å². The van der Waals surface area contributed by atoms with Gasteiger partial charge in [0.2, 0.25) is 5.88 Å². The van der Waals surface area contributed by atoms with E-state index in [-0.39, 0.29) is 15.6 Å². The summed E-state index contributed by atoms with van der Waals surface area (Å²) in [6.07, 6.45) is 12.3. The minimum absolute atomic E-state index is 0.0579. The Morgan fingerprint density at radius 2 is 1.79 bits per heavy atom. The molecule has 1 aromatic carbocycles. The Balaban J connectivity index is 1.09. The molecule has 11 heteroatoms. The van der Waals surface area contributed by atoms with Gasteiger partial charge in [0, 0.05) is 12.3 Å². The number of pyridine rings is 1. The zero-order chi connectivity index (χ0) is 30.7. The van der Waals surface area contributed by atoms with Gasteiger partial charge < -0.3 is 9.47 Å². The molecule has 232 valence electrons. The van der Waals surface area contributed by atoms with Crippen molar-refractivity contribution in [2.45, 2.75) is 83.5 Å². The number of hydrogen-bond acceptors (Lipinski definition) is 7. The van der Waals surface area contributed by atoms with Gasteiger partial charge in [0.1, 0.15) is 10.9 Å². The van der Waals surface area contributed by atoms with Gasteiger partial charge in [-0.2, -0.15) is 0 Å². The summed E-state index contributed by atoms with van der Waals surface area (Å²) in [5.41, 5.74) is 0.798. The Hall–Kier alpha value is -3.11. The third-order valence-electron chi connectivity index (χ3n) is 8.64. The van der Waals surface area contributed by atoms with E-state index in [1.807, 2.05) is 0 Å². The van der Waals surface area contributed by atoms with Gasteiger partial charge in [0.05, 0.1) is 23.7 Å². The number of hydrogen-bond donors (Lipinski definition) is 1. The molecular weight excluding hydrogens is 588 g/mol. The summed E-state index contributed by atoms with van der Waals surface area (Å²) in [6.45, 7) is 8.10. The molecule has 1 N–H and O–H groups in total. The molecule has 2 aliphatic carbocycles. The molecule has 2 heterocycles. The molecule has 0 aliphatic heterocycles. The lowest BCUT2D eigenvalue weighted by atomic mass is 9.89. The number of unbranched alkanes of at least 4 members (excludes halogenated alkanes) is 1. The fraction of sp³-hybridized carbons (Fsp3) is 0.531. The number of benzene rings is 1. The number of carbonyl (C=O) groups excluding carboxylic acids is 1. The Labute approximate surface area is 259 Å². The van der Waals surface area contributed by atoms with E-state index >= 15 is 0 Å². The van der Waals surface area contributed by atoms with E-state index in [0.717, 1.165) is 25.2 Å². The second-order valence-electron chi connectivity index (χ2n) is 13.0. The van der Waals surface area contributed by atoms with Gasteiger partial charge in [-0.05, 0) is 105 Å². The van der Waals surface area contributed by atoms with Crippen LogP contribution in [-0.2, 0) is 10.0 Å². The Bertz CT molecular complexity index is 1530.